The zero-order valence-corrected chi connectivity index (χ0v) is 16.7. The Morgan fingerprint density at radius 3 is 2.71 bits per heavy atom. The molecule has 2 heterocycles. The summed E-state index contributed by atoms with van der Waals surface area (Å²) >= 11 is 0. The molecule has 0 saturated carbocycles. The summed E-state index contributed by atoms with van der Waals surface area (Å²) in [6, 6.07) is 5.29. The molecule has 8 heteroatoms. The van der Waals surface area contributed by atoms with Crippen LogP contribution in [0.4, 0.5) is 0 Å². The van der Waals surface area contributed by atoms with E-state index in [-0.39, 0.29) is 11.8 Å². The number of para-hydroxylation sites is 1. The Morgan fingerprint density at radius 2 is 2.04 bits per heavy atom. The number of carbonyl (C=O) groups is 2. The fourth-order valence-electron chi connectivity index (χ4n) is 3.40. The van der Waals surface area contributed by atoms with Crippen molar-refractivity contribution in [2.24, 2.45) is 7.05 Å². The average Bonchev–Trinajstić information content (AvgIpc) is 3.05. The SMILES string of the molecule is CCC(=O)NCc1nc2c(n1C)CN(C(=O)c1cccc(OC)c1OC)CC2. The predicted octanol–water partition coefficient (Wildman–Crippen LogP) is 1.66. The molecule has 0 aliphatic carbocycles. The molecule has 3 rings (SSSR count). The Hall–Kier alpha value is -3.03. The maximum atomic E-state index is 13.1. The molecular formula is C20H26N4O4. The van der Waals surface area contributed by atoms with Gasteiger partial charge in [0.25, 0.3) is 5.91 Å². The van der Waals surface area contributed by atoms with Gasteiger partial charge in [-0.05, 0) is 12.1 Å². The first-order chi connectivity index (χ1) is 13.5. The minimum absolute atomic E-state index is 0.0112. The maximum absolute atomic E-state index is 13.1. The van der Waals surface area contributed by atoms with Crippen molar-refractivity contribution in [3.63, 3.8) is 0 Å². The van der Waals surface area contributed by atoms with Crippen LogP contribution in [0, 0.1) is 0 Å². The highest BCUT2D eigenvalue weighted by atomic mass is 16.5. The number of carbonyl (C=O) groups excluding carboxylic acids is 2. The fraction of sp³-hybridized carbons (Fsp3) is 0.450. The van der Waals surface area contributed by atoms with Crippen molar-refractivity contribution in [2.75, 3.05) is 20.8 Å². The van der Waals surface area contributed by atoms with Crippen LogP contribution in [-0.2, 0) is 31.4 Å². The summed E-state index contributed by atoms with van der Waals surface area (Å²) in [6.07, 6.45) is 1.11. The van der Waals surface area contributed by atoms with E-state index in [1.165, 1.54) is 7.11 Å². The summed E-state index contributed by atoms with van der Waals surface area (Å²) in [5.74, 6) is 1.64. The summed E-state index contributed by atoms with van der Waals surface area (Å²) < 4.78 is 12.7. The van der Waals surface area contributed by atoms with Gasteiger partial charge in [-0.2, -0.15) is 0 Å². The first-order valence-corrected chi connectivity index (χ1v) is 9.30. The average molecular weight is 386 g/mol. The van der Waals surface area contributed by atoms with Gasteiger partial charge in [0.05, 0.1) is 44.3 Å². The van der Waals surface area contributed by atoms with Crippen LogP contribution in [0.3, 0.4) is 0 Å². The van der Waals surface area contributed by atoms with Gasteiger partial charge in [-0.3, -0.25) is 9.59 Å². The van der Waals surface area contributed by atoms with Crippen LogP contribution in [0.1, 0.15) is 40.9 Å². The Labute approximate surface area is 164 Å². The summed E-state index contributed by atoms with van der Waals surface area (Å²) in [5, 5.41) is 2.85. The van der Waals surface area contributed by atoms with E-state index in [0.717, 1.165) is 17.2 Å². The molecule has 1 aliphatic heterocycles. The lowest BCUT2D eigenvalue weighted by atomic mass is 10.1. The van der Waals surface area contributed by atoms with Crippen molar-refractivity contribution in [2.45, 2.75) is 32.9 Å². The molecular weight excluding hydrogens is 360 g/mol. The Morgan fingerprint density at radius 1 is 1.25 bits per heavy atom. The van der Waals surface area contributed by atoms with E-state index in [2.05, 4.69) is 10.3 Å². The number of nitrogens with zero attached hydrogens (tertiary/aromatic N) is 3. The molecule has 8 nitrogen and oxygen atoms in total. The standard InChI is InChI=1S/C20H26N4O4/c1-5-18(25)21-11-17-22-14-9-10-24(12-15(14)23(17)2)20(26)13-7-6-8-16(27-3)19(13)28-4/h6-8H,5,9-12H2,1-4H3,(H,21,25). The molecule has 0 bridgehead atoms. The van der Waals surface area contributed by atoms with E-state index in [1.54, 1.807) is 30.2 Å². The van der Waals surface area contributed by atoms with E-state index < -0.39 is 0 Å². The molecule has 0 spiro atoms. The minimum Gasteiger partial charge on any atom is -0.493 e. The van der Waals surface area contributed by atoms with Gasteiger partial charge >= 0.3 is 0 Å². The largest absolute Gasteiger partial charge is 0.493 e. The third-order valence-electron chi connectivity index (χ3n) is 5.03. The van der Waals surface area contributed by atoms with Crippen molar-refractivity contribution in [3.8, 4) is 11.5 Å². The van der Waals surface area contributed by atoms with Crippen molar-refractivity contribution in [1.82, 2.24) is 19.8 Å². The number of amides is 2. The highest BCUT2D eigenvalue weighted by Crippen LogP contribution is 2.32. The molecule has 1 N–H and O–H groups in total. The molecule has 150 valence electrons. The number of imidazole rings is 1. The van der Waals surface area contributed by atoms with Gasteiger partial charge in [0.2, 0.25) is 5.91 Å². The smallest absolute Gasteiger partial charge is 0.258 e. The molecule has 2 aromatic rings. The fourth-order valence-corrected chi connectivity index (χ4v) is 3.40. The monoisotopic (exact) mass is 386 g/mol. The number of nitrogens with one attached hydrogen (secondary N) is 1. The topological polar surface area (TPSA) is 85.7 Å². The van der Waals surface area contributed by atoms with Gasteiger partial charge in [-0.1, -0.05) is 13.0 Å². The van der Waals surface area contributed by atoms with Crippen LogP contribution in [-0.4, -0.2) is 47.0 Å². The van der Waals surface area contributed by atoms with E-state index in [1.807, 2.05) is 18.5 Å². The van der Waals surface area contributed by atoms with Crippen LogP contribution in [0.25, 0.3) is 0 Å². The third-order valence-corrected chi connectivity index (χ3v) is 5.03. The lowest BCUT2D eigenvalue weighted by Gasteiger charge is -2.28. The summed E-state index contributed by atoms with van der Waals surface area (Å²) in [4.78, 5) is 31.1. The van der Waals surface area contributed by atoms with Gasteiger partial charge in [-0.15, -0.1) is 0 Å². The first kappa shape index (κ1) is 19.7. The normalized spacial score (nSPS) is 13.1. The summed E-state index contributed by atoms with van der Waals surface area (Å²) in [5.41, 5.74) is 2.44. The molecule has 0 saturated heterocycles. The van der Waals surface area contributed by atoms with Gasteiger partial charge in [0, 0.05) is 26.4 Å². The van der Waals surface area contributed by atoms with Crippen LogP contribution in [0.15, 0.2) is 18.2 Å². The number of hydrogen-bond acceptors (Lipinski definition) is 5. The zero-order valence-electron chi connectivity index (χ0n) is 16.7. The number of ether oxygens (including phenoxy) is 2. The molecule has 0 atom stereocenters. The summed E-state index contributed by atoms with van der Waals surface area (Å²) in [6.45, 7) is 3.23. The Kier molecular flexibility index (Phi) is 5.87. The highest BCUT2D eigenvalue weighted by Gasteiger charge is 2.28. The van der Waals surface area contributed by atoms with Crippen LogP contribution in [0.5, 0.6) is 11.5 Å². The lowest BCUT2D eigenvalue weighted by molar-refractivity contribution is -0.120. The number of rotatable bonds is 6. The van der Waals surface area contributed by atoms with Crippen molar-refractivity contribution in [1.29, 1.82) is 0 Å². The Bertz CT molecular complexity index is 891. The van der Waals surface area contributed by atoms with Crippen molar-refractivity contribution < 1.29 is 19.1 Å². The number of methoxy groups -OCH3 is 2. The quantitative estimate of drug-likeness (QED) is 0.816. The highest BCUT2D eigenvalue weighted by molar-refractivity contribution is 5.98. The van der Waals surface area contributed by atoms with E-state index in [4.69, 9.17) is 9.47 Å². The molecule has 0 fully saturated rings. The van der Waals surface area contributed by atoms with Gasteiger partial charge in [0.1, 0.15) is 5.82 Å². The second kappa shape index (κ2) is 8.33. The third kappa shape index (κ3) is 3.67. The van der Waals surface area contributed by atoms with E-state index in [9.17, 15) is 9.59 Å². The molecule has 2 amide bonds. The number of benzene rings is 1. The second-order valence-electron chi connectivity index (χ2n) is 6.63. The minimum atomic E-state index is -0.108. The molecule has 1 aromatic carbocycles. The summed E-state index contributed by atoms with van der Waals surface area (Å²) in [7, 11) is 4.99. The van der Waals surface area contributed by atoms with Gasteiger partial charge in [-0.25, -0.2) is 4.98 Å². The number of hydrogen-bond donors (Lipinski definition) is 1. The number of fused-ring (bicyclic) bond motifs is 1. The maximum Gasteiger partial charge on any atom is 0.258 e. The van der Waals surface area contributed by atoms with Gasteiger partial charge in [0.15, 0.2) is 11.5 Å². The zero-order chi connectivity index (χ0) is 20.3. The second-order valence-corrected chi connectivity index (χ2v) is 6.63. The predicted molar refractivity (Wildman–Crippen MR) is 103 cm³/mol. The molecule has 28 heavy (non-hydrogen) atoms. The van der Waals surface area contributed by atoms with E-state index >= 15 is 0 Å². The van der Waals surface area contributed by atoms with E-state index in [0.29, 0.717) is 49.5 Å². The van der Waals surface area contributed by atoms with Crippen LogP contribution in [0.2, 0.25) is 0 Å². The van der Waals surface area contributed by atoms with Crippen LogP contribution < -0.4 is 14.8 Å². The molecule has 0 radical (unpaired) electrons. The van der Waals surface area contributed by atoms with Crippen molar-refractivity contribution >= 4 is 11.8 Å². The Balaban J connectivity index is 1.81. The van der Waals surface area contributed by atoms with Crippen molar-refractivity contribution in [3.05, 3.63) is 41.0 Å². The molecule has 1 aliphatic rings. The lowest BCUT2D eigenvalue weighted by Crippen LogP contribution is -2.36. The molecule has 1 aromatic heterocycles. The number of aromatic nitrogens is 2. The molecule has 0 unspecified atom stereocenters. The van der Waals surface area contributed by atoms with Gasteiger partial charge < -0.3 is 24.3 Å². The van der Waals surface area contributed by atoms with Crippen LogP contribution >= 0.6 is 0 Å². The first-order valence-electron chi connectivity index (χ1n) is 9.30.